The van der Waals surface area contributed by atoms with E-state index in [9.17, 15) is 0 Å². The van der Waals surface area contributed by atoms with Gasteiger partial charge in [-0.25, -0.2) is 4.89 Å². The molecule has 0 fully saturated rings. The first-order valence-electron chi connectivity index (χ1n) is 8.19. The van der Waals surface area contributed by atoms with Crippen molar-refractivity contribution in [1.29, 1.82) is 0 Å². The van der Waals surface area contributed by atoms with Crippen LogP contribution in [-0.4, -0.2) is 18.0 Å². The highest BCUT2D eigenvalue weighted by atomic mass is 31.2. The molecular weight excluding hydrogens is 315 g/mol. The van der Waals surface area contributed by atoms with Crippen LogP contribution in [0.15, 0.2) is 91.0 Å². The lowest BCUT2D eigenvalue weighted by molar-refractivity contribution is -0.241. The van der Waals surface area contributed by atoms with Crippen LogP contribution in [-0.2, 0) is 4.89 Å². The van der Waals surface area contributed by atoms with Crippen LogP contribution in [0, 0.1) is 0 Å². The van der Waals surface area contributed by atoms with E-state index in [1.807, 2.05) is 0 Å². The minimum Gasteiger partial charge on any atom is -0.252 e. The molecule has 0 spiro atoms. The summed E-state index contributed by atoms with van der Waals surface area (Å²) in [5, 5.41) is 12.9. The first kappa shape index (κ1) is 16.9. The molecule has 0 aromatic heterocycles. The number of rotatable bonds is 7. The van der Waals surface area contributed by atoms with E-state index in [0.717, 1.165) is 12.6 Å². The van der Waals surface area contributed by atoms with Gasteiger partial charge in [0.1, 0.15) is 23.2 Å². The Morgan fingerprint density at radius 2 is 1.00 bits per heavy atom. The second-order valence-corrected chi connectivity index (χ2v) is 9.34. The highest BCUT2D eigenvalue weighted by molar-refractivity contribution is 7.95. The molecule has 2 nitrogen and oxygen atoms in total. The second-order valence-electron chi connectivity index (χ2n) is 5.73. The van der Waals surface area contributed by atoms with Gasteiger partial charge in [-0.05, 0) is 36.4 Å². The van der Waals surface area contributed by atoms with Crippen LogP contribution < -0.4 is 15.9 Å². The molecule has 3 aromatic rings. The fourth-order valence-electron chi connectivity index (χ4n) is 3.25. The van der Waals surface area contributed by atoms with Crippen molar-refractivity contribution in [3.63, 3.8) is 0 Å². The molecule has 0 aliphatic heterocycles. The summed E-state index contributed by atoms with van der Waals surface area (Å²) >= 11 is 0. The Morgan fingerprint density at radius 1 is 0.625 bits per heavy atom. The molecule has 0 aliphatic carbocycles. The Bertz CT molecular complexity index is 633. The zero-order chi connectivity index (χ0) is 16.7. The van der Waals surface area contributed by atoms with E-state index in [1.165, 1.54) is 15.9 Å². The van der Waals surface area contributed by atoms with Crippen LogP contribution in [0.1, 0.15) is 6.42 Å². The normalized spacial score (nSPS) is 11.4. The van der Waals surface area contributed by atoms with Crippen molar-refractivity contribution in [2.75, 3.05) is 12.8 Å². The topological polar surface area (TPSA) is 29.5 Å². The molecule has 122 valence electrons. The second kappa shape index (κ2) is 8.21. The summed E-state index contributed by atoms with van der Waals surface area (Å²) in [6.45, 7) is 0.355. The fraction of sp³-hybridized carbons (Fsp3) is 0.143. The number of benzene rings is 3. The summed E-state index contributed by atoms with van der Waals surface area (Å²) in [5.74, 6) is 0. The maximum atomic E-state index is 8.79. The summed E-state index contributed by atoms with van der Waals surface area (Å²) in [4.78, 5) is 4.36. The summed E-state index contributed by atoms with van der Waals surface area (Å²) in [6, 6.07) is 32.2. The van der Waals surface area contributed by atoms with Gasteiger partial charge < -0.3 is 0 Å². The molecular formula is C21H22O2P+. The highest BCUT2D eigenvalue weighted by Crippen LogP contribution is 2.55. The van der Waals surface area contributed by atoms with E-state index in [2.05, 4.69) is 95.9 Å². The van der Waals surface area contributed by atoms with Crippen molar-refractivity contribution < 1.29 is 10.1 Å². The fourth-order valence-corrected chi connectivity index (χ4v) is 7.56. The third-order valence-corrected chi connectivity index (χ3v) is 8.85. The van der Waals surface area contributed by atoms with Crippen molar-refractivity contribution >= 4 is 23.2 Å². The van der Waals surface area contributed by atoms with Crippen LogP contribution in [0.25, 0.3) is 0 Å². The van der Waals surface area contributed by atoms with Crippen LogP contribution >= 0.6 is 7.26 Å². The molecule has 3 aromatic carbocycles. The summed E-state index contributed by atoms with van der Waals surface area (Å²) in [5.41, 5.74) is 0. The van der Waals surface area contributed by atoms with Gasteiger partial charge in [-0.2, -0.15) is 0 Å². The van der Waals surface area contributed by atoms with Gasteiger partial charge in [0, 0.05) is 6.42 Å². The molecule has 0 unspecified atom stereocenters. The zero-order valence-electron chi connectivity index (χ0n) is 13.6. The molecule has 24 heavy (non-hydrogen) atoms. The highest BCUT2D eigenvalue weighted by Gasteiger charge is 2.44. The van der Waals surface area contributed by atoms with Crippen molar-refractivity contribution in [2.45, 2.75) is 6.42 Å². The van der Waals surface area contributed by atoms with Gasteiger partial charge in [-0.15, -0.1) is 0 Å². The van der Waals surface area contributed by atoms with Crippen molar-refractivity contribution in [3.8, 4) is 0 Å². The zero-order valence-corrected chi connectivity index (χ0v) is 14.5. The average molecular weight is 337 g/mol. The molecule has 0 bridgehead atoms. The van der Waals surface area contributed by atoms with Crippen molar-refractivity contribution in [1.82, 2.24) is 0 Å². The molecule has 0 aliphatic rings. The van der Waals surface area contributed by atoms with E-state index in [-0.39, 0.29) is 0 Å². The van der Waals surface area contributed by atoms with Crippen LogP contribution in [0.2, 0.25) is 0 Å². The predicted molar refractivity (Wildman–Crippen MR) is 103 cm³/mol. The molecule has 0 saturated heterocycles. The van der Waals surface area contributed by atoms with E-state index in [1.54, 1.807) is 0 Å². The summed E-state index contributed by atoms with van der Waals surface area (Å²) in [7, 11) is -1.77. The molecule has 0 saturated carbocycles. The minimum atomic E-state index is -1.77. The van der Waals surface area contributed by atoms with Crippen LogP contribution in [0.3, 0.4) is 0 Å². The van der Waals surface area contributed by atoms with Gasteiger partial charge in [0.2, 0.25) is 0 Å². The molecule has 3 rings (SSSR count). The van der Waals surface area contributed by atoms with E-state index >= 15 is 0 Å². The van der Waals surface area contributed by atoms with E-state index in [4.69, 9.17) is 5.26 Å². The van der Waals surface area contributed by atoms with Gasteiger partial charge in [0.25, 0.3) is 0 Å². The lowest BCUT2D eigenvalue weighted by Gasteiger charge is -2.27. The standard InChI is InChI=1S/C21H21O2P/c22-23-17-10-18-24(19-11-4-1-5-12-19,20-13-6-2-7-14-20)21-15-8-3-9-16-21/h1-9,11-16H,10,17-18H2/p+1. The molecule has 1 N–H and O–H groups in total. The minimum absolute atomic E-state index is 0.355. The van der Waals surface area contributed by atoms with Crippen LogP contribution in [0.5, 0.6) is 0 Å². The maximum absolute atomic E-state index is 8.79. The van der Waals surface area contributed by atoms with Gasteiger partial charge in [-0.1, -0.05) is 54.6 Å². The quantitative estimate of drug-likeness (QED) is 0.307. The smallest absolute Gasteiger partial charge is 0.112 e. The van der Waals surface area contributed by atoms with Gasteiger partial charge >= 0.3 is 0 Å². The predicted octanol–water partition coefficient (Wildman–Crippen LogP) is 3.86. The monoisotopic (exact) mass is 337 g/mol. The summed E-state index contributed by atoms with van der Waals surface area (Å²) in [6.07, 6.45) is 1.77. The maximum Gasteiger partial charge on any atom is 0.112 e. The average Bonchev–Trinajstić information content (AvgIpc) is 2.68. The Kier molecular flexibility index (Phi) is 5.77. The lowest BCUT2D eigenvalue weighted by atomic mass is 10.4. The van der Waals surface area contributed by atoms with Crippen LogP contribution in [0.4, 0.5) is 0 Å². The van der Waals surface area contributed by atoms with Crippen molar-refractivity contribution in [2.24, 2.45) is 0 Å². The SMILES string of the molecule is OOCCC[P+](c1ccccc1)(c1ccccc1)c1ccccc1. The molecule has 3 heteroatoms. The molecule has 0 atom stereocenters. The number of hydrogen-bond donors (Lipinski definition) is 1. The van der Waals surface area contributed by atoms with E-state index in [0.29, 0.717) is 6.61 Å². The first-order valence-corrected chi connectivity index (χ1v) is 10.2. The largest absolute Gasteiger partial charge is 0.252 e. The van der Waals surface area contributed by atoms with Crippen molar-refractivity contribution in [3.05, 3.63) is 91.0 Å². The lowest BCUT2D eigenvalue weighted by Crippen LogP contribution is -2.33. The summed E-state index contributed by atoms with van der Waals surface area (Å²) < 4.78 is 0. The van der Waals surface area contributed by atoms with Gasteiger partial charge in [0.15, 0.2) is 0 Å². The third kappa shape index (κ3) is 3.42. The first-order chi connectivity index (χ1) is 11.9. The Labute approximate surface area is 144 Å². The number of hydrogen-bond acceptors (Lipinski definition) is 2. The molecule has 0 radical (unpaired) electrons. The third-order valence-electron chi connectivity index (χ3n) is 4.32. The molecule has 0 heterocycles. The van der Waals surface area contributed by atoms with Gasteiger partial charge in [0.05, 0.1) is 12.8 Å². The Hall–Kier alpha value is -1.99. The Balaban J connectivity index is 2.20. The Morgan fingerprint density at radius 3 is 1.33 bits per heavy atom. The molecule has 0 amide bonds. The van der Waals surface area contributed by atoms with Gasteiger partial charge in [-0.3, -0.25) is 5.26 Å². The van der Waals surface area contributed by atoms with E-state index < -0.39 is 7.26 Å².